The molecule has 9 nitrogen and oxygen atoms in total. The van der Waals surface area contributed by atoms with E-state index < -0.39 is 29.2 Å². The Bertz CT molecular complexity index is 1560. The average molecular weight is 559 g/mol. The second-order valence-corrected chi connectivity index (χ2v) is 10.0. The summed E-state index contributed by atoms with van der Waals surface area (Å²) in [6, 6.07) is 16.3. The zero-order valence-electron chi connectivity index (χ0n) is 22.7. The van der Waals surface area contributed by atoms with Crippen molar-refractivity contribution in [2.75, 3.05) is 0 Å². The fourth-order valence-electron chi connectivity index (χ4n) is 4.07. The maximum Gasteiger partial charge on any atom is 0.343 e. The van der Waals surface area contributed by atoms with Gasteiger partial charge in [-0.3, -0.25) is 4.79 Å². The van der Waals surface area contributed by atoms with Gasteiger partial charge in [-0.2, -0.15) is 0 Å². The molecule has 0 fully saturated rings. The molecule has 4 aromatic rings. The fraction of sp³-hybridized carbons (Fsp3) is 0.188. The van der Waals surface area contributed by atoms with Crippen molar-refractivity contribution in [3.63, 3.8) is 0 Å². The highest BCUT2D eigenvalue weighted by molar-refractivity contribution is 5.98. The topological polar surface area (TPSA) is 154 Å². The summed E-state index contributed by atoms with van der Waals surface area (Å²) in [7, 11) is 0. The number of aromatic hydroxyl groups is 5. The van der Waals surface area contributed by atoms with E-state index in [2.05, 4.69) is 0 Å². The molecule has 0 spiro atoms. The third-order valence-electron chi connectivity index (χ3n) is 6.81. The number of benzene rings is 4. The lowest BCUT2D eigenvalue weighted by Crippen LogP contribution is -2.16. The first kappa shape index (κ1) is 28.8. The van der Waals surface area contributed by atoms with Crippen molar-refractivity contribution in [2.45, 2.75) is 27.2 Å². The Balaban J connectivity index is 1.96. The number of carbonyl (C=O) groups is 2. The van der Waals surface area contributed by atoms with E-state index in [9.17, 15) is 35.1 Å². The second-order valence-electron chi connectivity index (χ2n) is 10.0. The number of esters is 2. The molecule has 0 aliphatic rings. The van der Waals surface area contributed by atoms with Gasteiger partial charge in [0.1, 0.15) is 17.2 Å². The lowest BCUT2D eigenvalue weighted by atomic mass is 9.94. The highest BCUT2D eigenvalue weighted by Crippen LogP contribution is 2.56. The summed E-state index contributed by atoms with van der Waals surface area (Å²) in [5, 5.41) is 52.4. The molecule has 0 aromatic heterocycles. The largest absolute Gasteiger partial charge is 0.508 e. The molecule has 0 radical (unpaired) electrons. The van der Waals surface area contributed by atoms with Crippen molar-refractivity contribution in [3.8, 4) is 62.5 Å². The van der Waals surface area contributed by atoms with Crippen molar-refractivity contribution in [1.29, 1.82) is 0 Å². The molecule has 0 bridgehead atoms. The number of hydrogen-bond donors (Lipinski definition) is 5. The summed E-state index contributed by atoms with van der Waals surface area (Å²) >= 11 is 0. The van der Waals surface area contributed by atoms with Crippen molar-refractivity contribution < 1.29 is 44.6 Å². The molecule has 9 heteroatoms. The van der Waals surface area contributed by atoms with Crippen LogP contribution in [0.3, 0.4) is 0 Å². The van der Waals surface area contributed by atoms with Gasteiger partial charge in [0, 0.05) is 6.42 Å². The first-order valence-corrected chi connectivity index (χ1v) is 12.9. The van der Waals surface area contributed by atoms with E-state index in [0.717, 1.165) is 0 Å². The van der Waals surface area contributed by atoms with Crippen LogP contribution in [-0.4, -0.2) is 37.5 Å². The molecule has 4 aromatic carbocycles. The van der Waals surface area contributed by atoms with Crippen LogP contribution in [-0.2, 0) is 4.79 Å². The minimum atomic E-state index is -0.910. The lowest BCUT2D eigenvalue weighted by molar-refractivity contribution is -0.135. The van der Waals surface area contributed by atoms with Gasteiger partial charge in [0.05, 0.1) is 16.7 Å². The normalized spacial score (nSPS) is 11.7. The van der Waals surface area contributed by atoms with Crippen LogP contribution in [0, 0.1) is 11.8 Å². The zero-order valence-corrected chi connectivity index (χ0v) is 22.7. The fourth-order valence-corrected chi connectivity index (χ4v) is 4.07. The Morgan fingerprint density at radius 3 is 1.41 bits per heavy atom. The monoisotopic (exact) mass is 558 g/mol. The summed E-state index contributed by atoms with van der Waals surface area (Å²) in [5.41, 5.74) is 0.201. The van der Waals surface area contributed by atoms with Crippen LogP contribution in [0.5, 0.6) is 40.2 Å². The van der Waals surface area contributed by atoms with Gasteiger partial charge in [-0.15, -0.1) is 0 Å². The van der Waals surface area contributed by atoms with Gasteiger partial charge >= 0.3 is 11.9 Å². The molecule has 212 valence electrons. The number of phenolic OH excluding ortho intramolecular Hbond substituents is 5. The molecule has 4 rings (SSSR count). The Kier molecular flexibility index (Phi) is 8.37. The molecule has 0 amide bonds. The van der Waals surface area contributed by atoms with Gasteiger partial charge in [-0.25, -0.2) is 4.79 Å². The van der Waals surface area contributed by atoms with E-state index in [1.165, 1.54) is 72.8 Å². The van der Waals surface area contributed by atoms with Crippen LogP contribution in [0.1, 0.15) is 37.6 Å². The molecule has 0 aliphatic carbocycles. The quantitative estimate of drug-likeness (QED) is 0.0944. The number of phenols is 5. The maximum absolute atomic E-state index is 13.1. The Morgan fingerprint density at radius 1 is 0.610 bits per heavy atom. The summed E-state index contributed by atoms with van der Waals surface area (Å²) in [6.07, 6.45) is 0.0268. The first-order chi connectivity index (χ1) is 19.5. The smallest absolute Gasteiger partial charge is 0.343 e. The van der Waals surface area contributed by atoms with Crippen molar-refractivity contribution in [3.05, 3.63) is 78.4 Å². The van der Waals surface area contributed by atoms with Crippen LogP contribution in [0.25, 0.3) is 22.3 Å². The van der Waals surface area contributed by atoms with Crippen molar-refractivity contribution in [2.24, 2.45) is 11.8 Å². The zero-order chi connectivity index (χ0) is 29.8. The van der Waals surface area contributed by atoms with Gasteiger partial charge < -0.3 is 35.0 Å². The van der Waals surface area contributed by atoms with Crippen molar-refractivity contribution in [1.82, 2.24) is 0 Å². The van der Waals surface area contributed by atoms with Crippen LogP contribution >= 0.6 is 0 Å². The van der Waals surface area contributed by atoms with Crippen LogP contribution < -0.4 is 9.47 Å². The van der Waals surface area contributed by atoms with Gasteiger partial charge in [0.25, 0.3) is 0 Å². The van der Waals surface area contributed by atoms with E-state index in [1.807, 2.05) is 20.8 Å². The summed E-state index contributed by atoms with van der Waals surface area (Å²) in [5.74, 6) is -3.69. The number of hydrogen-bond acceptors (Lipinski definition) is 9. The van der Waals surface area contributed by atoms with E-state index in [4.69, 9.17) is 9.47 Å². The van der Waals surface area contributed by atoms with E-state index in [1.54, 1.807) is 0 Å². The van der Waals surface area contributed by atoms with E-state index >= 15 is 0 Å². The Hall–Kier alpha value is -5.18. The number of ether oxygens (including phenoxy) is 2. The van der Waals surface area contributed by atoms with Crippen LogP contribution in [0.15, 0.2) is 72.8 Å². The third-order valence-corrected chi connectivity index (χ3v) is 6.81. The molecular formula is C32H30O9. The predicted octanol–water partition coefficient (Wildman–Crippen LogP) is 6.36. The summed E-state index contributed by atoms with van der Waals surface area (Å²) in [4.78, 5) is 26.1. The molecule has 41 heavy (non-hydrogen) atoms. The molecule has 1 atom stereocenters. The van der Waals surface area contributed by atoms with Crippen molar-refractivity contribution >= 4 is 11.9 Å². The summed E-state index contributed by atoms with van der Waals surface area (Å²) in [6.45, 7) is 5.81. The van der Waals surface area contributed by atoms with Gasteiger partial charge in [-0.1, -0.05) is 45.0 Å². The first-order valence-electron chi connectivity index (χ1n) is 12.9. The van der Waals surface area contributed by atoms with Crippen LogP contribution in [0.4, 0.5) is 0 Å². The number of carbonyl (C=O) groups excluding carboxylic acids is 2. The van der Waals surface area contributed by atoms with Gasteiger partial charge in [0.15, 0.2) is 23.0 Å². The highest BCUT2D eigenvalue weighted by Gasteiger charge is 2.31. The minimum absolute atomic E-state index is 0.0268. The molecule has 0 aliphatic heterocycles. The molecule has 0 saturated heterocycles. The Morgan fingerprint density at radius 2 is 1.00 bits per heavy atom. The molecule has 0 saturated carbocycles. The molecule has 1 unspecified atom stereocenters. The minimum Gasteiger partial charge on any atom is -0.508 e. The lowest BCUT2D eigenvalue weighted by Gasteiger charge is -2.22. The van der Waals surface area contributed by atoms with Crippen LogP contribution in [0.2, 0.25) is 0 Å². The SMILES string of the molecule is CC(C)C(C)CC(=O)Oc1c(O)c(-c2ccc(O)cc2)c(OC(=O)c2ccc(O)cc2)c(O)c1-c1ccc(O)cc1. The Labute approximate surface area is 236 Å². The molecule has 5 N–H and O–H groups in total. The van der Waals surface area contributed by atoms with Gasteiger partial charge in [-0.05, 0) is 71.5 Å². The van der Waals surface area contributed by atoms with E-state index in [-0.39, 0.29) is 69.1 Å². The second kappa shape index (κ2) is 11.9. The molecular weight excluding hydrogens is 528 g/mol. The standard InChI is InChI=1S/C32H30O9/c1-17(2)18(3)16-25(36)40-30-26(19-4-10-22(33)11-5-19)29(38)31(41-32(39)21-8-14-24(35)15-9-21)27(28(30)37)20-6-12-23(34)13-7-20/h4-15,17-18,33-35,37-38H,16H2,1-3H3. The van der Waals surface area contributed by atoms with Gasteiger partial charge in [0.2, 0.25) is 0 Å². The maximum atomic E-state index is 13.1. The number of rotatable bonds is 8. The molecule has 0 heterocycles. The van der Waals surface area contributed by atoms with E-state index in [0.29, 0.717) is 0 Å². The summed E-state index contributed by atoms with van der Waals surface area (Å²) < 4.78 is 11.3. The average Bonchev–Trinajstić information content (AvgIpc) is 2.93. The third kappa shape index (κ3) is 6.36. The highest BCUT2D eigenvalue weighted by atomic mass is 16.6. The predicted molar refractivity (Wildman–Crippen MR) is 151 cm³/mol.